The molecule has 1 nitrogen and oxygen atoms in total. The van der Waals surface area contributed by atoms with E-state index in [9.17, 15) is 4.39 Å². The number of rotatable bonds is 0. The molecule has 1 aliphatic heterocycles. The largest absolute Gasteiger partial charge is 0.316 e. The summed E-state index contributed by atoms with van der Waals surface area (Å²) in [7, 11) is 0. The molecule has 0 amide bonds. The molecule has 1 atom stereocenters. The Bertz CT molecular complexity index is 383. The Kier molecular flexibility index (Phi) is 3.37. The van der Waals surface area contributed by atoms with Gasteiger partial charge in [-0.3, -0.25) is 0 Å². The van der Waals surface area contributed by atoms with Gasteiger partial charge in [0.15, 0.2) is 0 Å². The second-order valence-corrected chi connectivity index (χ2v) is 3.79. The van der Waals surface area contributed by atoms with Crippen LogP contribution in [-0.2, 0) is 0 Å². The van der Waals surface area contributed by atoms with Crippen molar-refractivity contribution in [2.45, 2.75) is 12.8 Å². The minimum atomic E-state index is -0.228. The molecule has 2 heteroatoms. The van der Waals surface area contributed by atoms with E-state index in [0.29, 0.717) is 11.5 Å². The average Bonchev–Trinajstić information content (AvgIpc) is 2.29. The zero-order chi connectivity index (χ0) is 10.5. The van der Waals surface area contributed by atoms with Crippen molar-refractivity contribution in [3.05, 3.63) is 35.6 Å². The third-order valence-electron chi connectivity index (χ3n) is 2.58. The molecule has 1 N–H and O–H groups in total. The van der Waals surface area contributed by atoms with E-state index in [4.69, 9.17) is 0 Å². The van der Waals surface area contributed by atoms with Crippen LogP contribution in [0.1, 0.15) is 18.4 Å². The minimum absolute atomic E-state index is 0.228. The van der Waals surface area contributed by atoms with E-state index in [0.717, 1.165) is 25.9 Å². The number of hydrogen-bond acceptors (Lipinski definition) is 1. The molecule has 1 aliphatic rings. The van der Waals surface area contributed by atoms with E-state index in [2.05, 4.69) is 17.2 Å². The van der Waals surface area contributed by atoms with Crippen molar-refractivity contribution in [3.8, 4) is 11.8 Å². The normalized spacial score (nSPS) is 20.5. The maximum atomic E-state index is 13.2. The third kappa shape index (κ3) is 2.81. The lowest BCUT2D eigenvalue weighted by atomic mass is 10.00. The van der Waals surface area contributed by atoms with Crippen molar-refractivity contribution in [2.24, 2.45) is 5.92 Å². The van der Waals surface area contributed by atoms with Gasteiger partial charge < -0.3 is 5.32 Å². The first-order chi connectivity index (χ1) is 7.36. The molecule has 78 valence electrons. The van der Waals surface area contributed by atoms with Crippen LogP contribution in [0.4, 0.5) is 4.39 Å². The zero-order valence-electron chi connectivity index (χ0n) is 8.59. The predicted molar refractivity (Wildman–Crippen MR) is 58.9 cm³/mol. The average molecular weight is 203 g/mol. The van der Waals surface area contributed by atoms with Crippen LogP contribution in [0, 0.1) is 23.6 Å². The minimum Gasteiger partial charge on any atom is -0.316 e. The van der Waals surface area contributed by atoms with Crippen molar-refractivity contribution in [3.63, 3.8) is 0 Å². The predicted octanol–water partition coefficient (Wildman–Crippen LogP) is 2.18. The van der Waals surface area contributed by atoms with Gasteiger partial charge in [0.1, 0.15) is 5.82 Å². The molecule has 1 heterocycles. The van der Waals surface area contributed by atoms with Gasteiger partial charge >= 0.3 is 0 Å². The lowest BCUT2D eigenvalue weighted by molar-refractivity contribution is 0.449. The molecule has 2 rings (SSSR count). The van der Waals surface area contributed by atoms with Crippen molar-refractivity contribution >= 4 is 0 Å². The van der Waals surface area contributed by atoms with Crippen LogP contribution < -0.4 is 5.32 Å². The Morgan fingerprint density at radius 3 is 2.93 bits per heavy atom. The Balaban J connectivity index is 2.07. The van der Waals surface area contributed by atoms with E-state index in [-0.39, 0.29) is 5.82 Å². The first kappa shape index (κ1) is 10.2. The van der Waals surface area contributed by atoms with Crippen LogP contribution in [0.2, 0.25) is 0 Å². The number of nitrogens with one attached hydrogen (secondary N) is 1. The summed E-state index contributed by atoms with van der Waals surface area (Å²) in [6.07, 6.45) is 2.28. The van der Waals surface area contributed by atoms with Crippen LogP contribution in [0.15, 0.2) is 24.3 Å². The van der Waals surface area contributed by atoms with Crippen molar-refractivity contribution in [2.75, 3.05) is 13.1 Å². The topological polar surface area (TPSA) is 12.0 Å². The van der Waals surface area contributed by atoms with Gasteiger partial charge in [-0.2, -0.15) is 0 Å². The van der Waals surface area contributed by atoms with Gasteiger partial charge in [0.2, 0.25) is 0 Å². The summed E-state index contributed by atoms with van der Waals surface area (Å²) in [5, 5.41) is 3.29. The van der Waals surface area contributed by atoms with E-state index in [1.54, 1.807) is 12.1 Å². The molecule has 0 saturated carbocycles. The molecule has 1 aromatic carbocycles. The number of benzene rings is 1. The second kappa shape index (κ2) is 4.95. The Morgan fingerprint density at radius 1 is 1.33 bits per heavy atom. The van der Waals surface area contributed by atoms with Gasteiger partial charge in [0.05, 0.1) is 5.56 Å². The summed E-state index contributed by atoms with van der Waals surface area (Å²) < 4.78 is 13.2. The molecule has 15 heavy (non-hydrogen) atoms. The molecule has 1 aromatic rings. The molecule has 1 unspecified atom stereocenters. The molecule has 1 fully saturated rings. The molecule has 0 aromatic heterocycles. The van der Waals surface area contributed by atoms with E-state index in [1.165, 1.54) is 6.07 Å². The van der Waals surface area contributed by atoms with E-state index < -0.39 is 0 Å². The summed E-state index contributed by atoms with van der Waals surface area (Å²) in [6, 6.07) is 6.66. The summed E-state index contributed by atoms with van der Waals surface area (Å²) in [5.74, 6) is 6.19. The van der Waals surface area contributed by atoms with E-state index >= 15 is 0 Å². The van der Waals surface area contributed by atoms with Crippen LogP contribution in [-0.4, -0.2) is 13.1 Å². The van der Waals surface area contributed by atoms with Gasteiger partial charge in [-0.25, -0.2) is 4.39 Å². The summed E-state index contributed by atoms with van der Waals surface area (Å²) in [4.78, 5) is 0. The number of piperidine rings is 1. The molecular weight excluding hydrogens is 189 g/mol. The summed E-state index contributed by atoms with van der Waals surface area (Å²) >= 11 is 0. The standard InChI is InChI=1S/C13H14FN/c14-13-6-2-1-5-12(13)8-7-11-4-3-9-15-10-11/h1-2,5-6,11,15H,3-4,9-10H2. The van der Waals surface area contributed by atoms with Gasteiger partial charge in [0, 0.05) is 12.5 Å². The fourth-order valence-electron chi connectivity index (χ4n) is 1.72. The summed E-state index contributed by atoms with van der Waals surface area (Å²) in [5.41, 5.74) is 0.503. The van der Waals surface area contributed by atoms with Crippen molar-refractivity contribution in [1.82, 2.24) is 5.32 Å². The van der Waals surface area contributed by atoms with Gasteiger partial charge in [0.25, 0.3) is 0 Å². The summed E-state index contributed by atoms with van der Waals surface area (Å²) in [6.45, 7) is 2.01. The first-order valence-corrected chi connectivity index (χ1v) is 5.33. The quantitative estimate of drug-likeness (QED) is 0.637. The molecule has 0 bridgehead atoms. The zero-order valence-corrected chi connectivity index (χ0v) is 8.59. The molecule has 0 radical (unpaired) electrons. The maximum Gasteiger partial charge on any atom is 0.138 e. The highest BCUT2D eigenvalue weighted by Gasteiger charge is 2.09. The first-order valence-electron chi connectivity index (χ1n) is 5.33. The smallest absolute Gasteiger partial charge is 0.138 e. The Labute approximate surface area is 89.7 Å². The van der Waals surface area contributed by atoms with E-state index in [1.807, 2.05) is 6.07 Å². The molecule has 1 saturated heterocycles. The van der Waals surface area contributed by atoms with Crippen LogP contribution in [0.25, 0.3) is 0 Å². The molecular formula is C13H14FN. The maximum absolute atomic E-state index is 13.2. The SMILES string of the molecule is Fc1ccccc1C#CC1CCCNC1. The van der Waals surface area contributed by atoms with Gasteiger partial charge in [-0.1, -0.05) is 24.0 Å². The van der Waals surface area contributed by atoms with Crippen LogP contribution >= 0.6 is 0 Å². The fourth-order valence-corrected chi connectivity index (χ4v) is 1.72. The molecule has 0 spiro atoms. The lowest BCUT2D eigenvalue weighted by Gasteiger charge is -2.17. The third-order valence-corrected chi connectivity index (χ3v) is 2.58. The highest BCUT2D eigenvalue weighted by molar-refractivity contribution is 5.35. The highest BCUT2D eigenvalue weighted by Crippen LogP contribution is 2.09. The van der Waals surface area contributed by atoms with Crippen LogP contribution in [0.5, 0.6) is 0 Å². The second-order valence-electron chi connectivity index (χ2n) is 3.79. The Morgan fingerprint density at radius 2 is 2.20 bits per heavy atom. The highest BCUT2D eigenvalue weighted by atomic mass is 19.1. The monoisotopic (exact) mass is 203 g/mol. The molecule has 0 aliphatic carbocycles. The number of halogens is 1. The lowest BCUT2D eigenvalue weighted by Crippen LogP contribution is -2.28. The van der Waals surface area contributed by atoms with Gasteiger partial charge in [-0.15, -0.1) is 0 Å². The van der Waals surface area contributed by atoms with Crippen LogP contribution in [0.3, 0.4) is 0 Å². The van der Waals surface area contributed by atoms with Crippen molar-refractivity contribution < 1.29 is 4.39 Å². The fraction of sp³-hybridized carbons (Fsp3) is 0.385. The Hall–Kier alpha value is -1.33. The number of hydrogen-bond donors (Lipinski definition) is 1. The van der Waals surface area contributed by atoms with Gasteiger partial charge in [-0.05, 0) is 31.5 Å². The van der Waals surface area contributed by atoms with Crippen molar-refractivity contribution in [1.29, 1.82) is 0 Å².